The van der Waals surface area contributed by atoms with E-state index in [1.807, 2.05) is 36.0 Å². The summed E-state index contributed by atoms with van der Waals surface area (Å²) in [6.45, 7) is 0. The molecule has 3 nitrogen and oxygen atoms in total. The Balaban J connectivity index is 1.41. The minimum atomic E-state index is -0.563. The zero-order valence-electron chi connectivity index (χ0n) is 23.2. The van der Waals surface area contributed by atoms with Crippen LogP contribution in [0.4, 0.5) is 11.5 Å². The van der Waals surface area contributed by atoms with Gasteiger partial charge < -0.3 is 4.90 Å². The Morgan fingerprint density at radius 3 is 1.84 bits per heavy atom. The molecule has 0 saturated heterocycles. The summed E-state index contributed by atoms with van der Waals surface area (Å²) in [5, 5.41) is 2.48. The van der Waals surface area contributed by atoms with E-state index in [2.05, 4.69) is 132 Å². The molecule has 4 heteroatoms. The van der Waals surface area contributed by atoms with Gasteiger partial charge in [0.1, 0.15) is 10.7 Å². The molecule has 0 amide bonds. The molecule has 2 aliphatic rings. The fourth-order valence-electron chi connectivity index (χ4n) is 6.76. The van der Waals surface area contributed by atoms with Crippen molar-refractivity contribution in [2.24, 2.45) is 0 Å². The number of anilines is 2. The largest absolute Gasteiger partial charge is 0.302 e. The molecule has 0 saturated carbocycles. The van der Waals surface area contributed by atoms with E-state index in [1.165, 1.54) is 37.9 Å². The lowest BCUT2D eigenvalue weighted by Crippen LogP contribution is -2.42. The SMILES string of the molecule is c1ccc(-c2cc(N3c4cccc5cccc(c45)SC34c3ccccc3-c3ccccc34)nc(-c3ccccc3)n2)cc1. The van der Waals surface area contributed by atoms with E-state index < -0.39 is 4.87 Å². The van der Waals surface area contributed by atoms with Crippen LogP contribution in [0.2, 0.25) is 0 Å². The number of hydrogen-bond acceptors (Lipinski definition) is 4. The highest BCUT2D eigenvalue weighted by atomic mass is 32.2. The van der Waals surface area contributed by atoms with Gasteiger partial charge in [-0.1, -0.05) is 145 Å². The summed E-state index contributed by atoms with van der Waals surface area (Å²) in [4.78, 5) is 13.7. The van der Waals surface area contributed by atoms with Crippen molar-refractivity contribution >= 4 is 34.0 Å². The molecule has 1 aliphatic carbocycles. The van der Waals surface area contributed by atoms with Gasteiger partial charge in [0, 0.05) is 38.6 Å². The van der Waals surface area contributed by atoms with Crippen molar-refractivity contribution in [1.29, 1.82) is 0 Å². The first-order valence-corrected chi connectivity index (χ1v) is 15.3. The van der Waals surface area contributed by atoms with Crippen molar-refractivity contribution in [1.82, 2.24) is 9.97 Å². The summed E-state index contributed by atoms with van der Waals surface area (Å²) < 4.78 is 0. The van der Waals surface area contributed by atoms with E-state index in [0.29, 0.717) is 5.82 Å². The molecule has 1 spiro atoms. The summed E-state index contributed by atoms with van der Waals surface area (Å²) in [5.74, 6) is 1.58. The third-order valence-corrected chi connectivity index (χ3v) is 10.1. The first-order valence-electron chi connectivity index (χ1n) is 14.5. The molecule has 0 unspecified atom stereocenters. The molecule has 7 aromatic rings. The second-order valence-electron chi connectivity index (χ2n) is 11.0. The minimum Gasteiger partial charge on any atom is -0.302 e. The molecule has 9 rings (SSSR count). The lowest BCUT2D eigenvalue weighted by molar-refractivity contribution is 0.754. The third kappa shape index (κ3) is 3.57. The van der Waals surface area contributed by atoms with E-state index in [9.17, 15) is 0 Å². The van der Waals surface area contributed by atoms with Crippen LogP contribution >= 0.6 is 11.8 Å². The smallest absolute Gasteiger partial charge is 0.162 e. The van der Waals surface area contributed by atoms with Crippen molar-refractivity contribution in [3.05, 3.63) is 163 Å². The highest BCUT2D eigenvalue weighted by Gasteiger charge is 2.52. The van der Waals surface area contributed by atoms with Crippen LogP contribution in [0, 0.1) is 0 Å². The molecule has 0 radical (unpaired) electrons. The molecule has 0 bridgehead atoms. The van der Waals surface area contributed by atoms with Gasteiger partial charge in [-0.3, -0.25) is 0 Å². The highest BCUT2D eigenvalue weighted by Crippen LogP contribution is 2.65. The monoisotopic (exact) mass is 567 g/mol. The van der Waals surface area contributed by atoms with Crippen LogP contribution in [0.1, 0.15) is 11.1 Å². The van der Waals surface area contributed by atoms with E-state index in [-0.39, 0.29) is 0 Å². The Labute approximate surface area is 254 Å². The van der Waals surface area contributed by atoms with Crippen molar-refractivity contribution < 1.29 is 0 Å². The maximum absolute atomic E-state index is 5.38. The number of hydrogen-bond donors (Lipinski definition) is 0. The molecule has 0 fully saturated rings. The number of thioether (sulfide) groups is 1. The standard InChI is InChI=1S/C39H25N3S/c1-3-13-26(14-4-1)33-25-36(41-38(40-33)28-15-5-2-6-16-28)42-34-23-11-17-27-18-12-24-35(37(27)34)43-39(42)31-21-9-7-19-29(31)30-20-8-10-22-32(30)39/h1-25H. The minimum absolute atomic E-state index is 0.563. The summed E-state index contributed by atoms with van der Waals surface area (Å²) >= 11 is 1.92. The van der Waals surface area contributed by atoms with E-state index in [4.69, 9.17) is 9.97 Å². The van der Waals surface area contributed by atoms with Crippen LogP contribution in [0.3, 0.4) is 0 Å². The van der Waals surface area contributed by atoms with Crippen molar-refractivity contribution in [2.45, 2.75) is 9.77 Å². The van der Waals surface area contributed by atoms with Gasteiger partial charge in [-0.05, 0) is 28.6 Å². The van der Waals surface area contributed by atoms with E-state index in [0.717, 1.165) is 28.3 Å². The number of rotatable bonds is 3. The number of aromatic nitrogens is 2. The van der Waals surface area contributed by atoms with Crippen LogP contribution in [0.15, 0.2) is 157 Å². The predicted molar refractivity (Wildman–Crippen MR) is 178 cm³/mol. The summed E-state index contributed by atoms with van der Waals surface area (Å²) in [7, 11) is 0. The van der Waals surface area contributed by atoms with Crippen LogP contribution < -0.4 is 4.90 Å². The molecular weight excluding hydrogens is 543 g/mol. The molecule has 6 aromatic carbocycles. The molecule has 0 atom stereocenters. The van der Waals surface area contributed by atoms with Crippen LogP contribution in [-0.2, 0) is 4.87 Å². The summed E-state index contributed by atoms with van der Waals surface area (Å²) in [6.07, 6.45) is 0. The van der Waals surface area contributed by atoms with E-state index >= 15 is 0 Å². The quantitative estimate of drug-likeness (QED) is 0.212. The van der Waals surface area contributed by atoms with Crippen LogP contribution in [0.25, 0.3) is 44.5 Å². The fourth-order valence-corrected chi connectivity index (χ4v) is 8.41. The van der Waals surface area contributed by atoms with Gasteiger partial charge >= 0.3 is 0 Å². The lowest BCUT2D eigenvalue weighted by Gasteiger charge is -2.46. The average molecular weight is 568 g/mol. The molecule has 43 heavy (non-hydrogen) atoms. The molecular formula is C39H25N3S. The summed E-state index contributed by atoms with van der Waals surface area (Å²) in [6, 6.07) is 53.9. The topological polar surface area (TPSA) is 29.0 Å². The number of benzene rings is 6. The van der Waals surface area contributed by atoms with Gasteiger partial charge in [0.2, 0.25) is 0 Å². The first-order chi connectivity index (χ1) is 21.3. The molecule has 1 aliphatic heterocycles. The van der Waals surface area contributed by atoms with Gasteiger partial charge in [-0.15, -0.1) is 0 Å². The second kappa shape index (κ2) is 9.41. The van der Waals surface area contributed by atoms with Gasteiger partial charge in [0.05, 0.1) is 11.4 Å². The highest BCUT2D eigenvalue weighted by molar-refractivity contribution is 8.01. The van der Waals surface area contributed by atoms with Gasteiger partial charge in [0.25, 0.3) is 0 Å². The normalized spacial score (nSPS) is 14.1. The van der Waals surface area contributed by atoms with Crippen LogP contribution in [0.5, 0.6) is 0 Å². The Kier molecular flexibility index (Phi) is 5.34. The van der Waals surface area contributed by atoms with Crippen LogP contribution in [-0.4, -0.2) is 9.97 Å². The predicted octanol–water partition coefficient (Wildman–Crippen LogP) is 10.1. The first kappa shape index (κ1) is 24.4. The Morgan fingerprint density at radius 2 is 1.14 bits per heavy atom. The molecule has 0 N–H and O–H groups in total. The van der Waals surface area contributed by atoms with Gasteiger partial charge in [0.15, 0.2) is 5.82 Å². The van der Waals surface area contributed by atoms with Crippen molar-refractivity contribution in [3.63, 3.8) is 0 Å². The van der Waals surface area contributed by atoms with Gasteiger partial charge in [-0.2, -0.15) is 0 Å². The maximum Gasteiger partial charge on any atom is 0.162 e. The number of fused-ring (bicyclic) bond motifs is 5. The average Bonchev–Trinajstić information content (AvgIpc) is 3.35. The third-order valence-electron chi connectivity index (χ3n) is 8.58. The molecule has 202 valence electrons. The second-order valence-corrected chi connectivity index (χ2v) is 12.2. The molecule has 2 heterocycles. The number of nitrogens with zero attached hydrogens (tertiary/aromatic N) is 3. The van der Waals surface area contributed by atoms with Crippen molar-refractivity contribution in [3.8, 4) is 33.8 Å². The van der Waals surface area contributed by atoms with Crippen molar-refractivity contribution in [2.75, 3.05) is 4.90 Å². The van der Waals surface area contributed by atoms with E-state index in [1.54, 1.807) is 0 Å². The fraction of sp³-hybridized carbons (Fsp3) is 0.0256. The zero-order chi connectivity index (χ0) is 28.4. The molecule has 1 aromatic heterocycles. The maximum atomic E-state index is 5.38. The van der Waals surface area contributed by atoms with Gasteiger partial charge in [-0.25, -0.2) is 9.97 Å². The zero-order valence-corrected chi connectivity index (χ0v) is 24.0. The Bertz CT molecular complexity index is 2070. The summed E-state index contributed by atoms with van der Waals surface area (Å²) in [5.41, 5.74) is 9.18. The Morgan fingerprint density at radius 1 is 0.535 bits per heavy atom. The lowest BCUT2D eigenvalue weighted by atomic mass is 9.98. The Hall–Kier alpha value is -5.19.